The van der Waals surface area contributed by atoms with Crippen LogP contribution < -0.4 is 5.73 Å². The fourth-order valence-corrected chi connectivity index (χ4v) is 2.18. The molecule has 0 aliphatic carbocycles. The van der Waals surface area contributed by atoms with Crippen LogP contribution in [-0.2, 0) is 0 Å². The van der Waals surface area contributed by atoms with E-state index in [0.29, 0.717) is 5.92 Å². The average Bonchev–Trinajstić information content (AvgIpc) is 2.31. The van der Waals surface area contributed by atoms with E-state index in [9.17, 15) is 0 Å². The molecule has 0 saturated carbocycles. The first kappa shape index (κ1) is 11.2. The molecule has 0 radical (unpaired) electrons. The second-order valence-corrected chi connectivity index (χ2v) is 4.45. The number of rotatable bonds is 3. The lowest BCUT2D eigenvalue weighted by atomic mass is 9.94. The molecular weight excluding hydrogens is 194 g/mol. The topological polar surface area (TPSA) is 26.0 Å². The summed E-state index contributed by atoms with van der Waals surface area (Å²) in [6.45, 7) is 5.05. The Hall–Kier alpha value is -1.34. The van der Waals surface area contributed by atoms with E-state index >= 15 is 0 Å². The first-order valence-corrected chi connectivity index (χ1v) is 5.95. The molecule has 0 aliphatic heterocycles. The highest BCUT2D eigenvalue weighted by molar-refractivity contribution is 5.83. The van der Waals surface area contributed by atoms with Crippen molar-refractivity contribution in [1.29, 1.82) is 0 Å². The maximum atomic E-state index is 5.78. The molecule has 16 heavy (non-hydrogen) atoms. The van der Waals surface area contributed by atoms with E-state index in [0.717, 1.165) is 13.0 Å². The fraction of sp³-hybridized carbons (Fsp3) is 0.333. The molecule has 0 aliphatic rings. The fourth-order valence-electron chi connectivity index (χ4n) is 2.18. The Morgan fingerprint density at radius 1 is 1.06 bits per heavy atom. The molecule has 0 aromatic heterocycles. The van der Waals surface area contributed by atoms with Crippen LogP contribution in [0.2, 0.25) is 0 Å². The number of hydrogen-bond donors (Lipinski definition) is 1. The zero-order chi connectivity index (χ0) is 11.5. The van der Waals surface area contributed by atoms with Crippen LogP contribution in [0, 0.1) is 6.92 Å². The summed E-state index contributed by atoms with van der Waals surface area (Å²) in [4.78, 5) is 0. The zero-order valence-corrected chi connectivity index (χ0v) is 10.0. The van der Waals surface area contributed by atoms with Crippen molar-refractivity contribution in [3.05, 3.63) is 47.5 Å². The largest absolute Gasteiger partial charge is 0.330 e. The van der Waals surface area contributed by atoms with Crippen LogP contribution in [0.15, 0.2) is 36.4 Å². The third kappa shape index (κ3) is 2.10. The predicted molar refractivity (Wildman–Crippen MR) is 70.8 cm³/mol. The van der Waals surface area contributed by atoms with E-state index in [4.69, 9.17) is 5.73 Å². The summed E-state index contributed by atoms with van der Waals surface area (Å²) in [5.74, 6) is 0.491. The second kappa shape index (κ2) is 4.67. The molecule has 0 heterocycles. The van der Waals surface area contributed by atoms with Gasteiger partial charge in [-0.3, -0.25) is 0 Å². The summed E-state index contributed by atoms with van der Waals surface area (Å²) in [7, 11) is 0. The third-order valence-electron chi connectivity index (χ3n) is 3.27. The van der Waals surface area contributed by atoms with Gasteiger partial charge in [-0.2, -0.15) is 0 Å². The molecule has 2 N–H and O–H groups in total. The first-order chi connectivity index (χ1) is 7.74. The predicted octanol–water partition coefficient (Wildman–Crippen LogP) is 3.60. The van der Waals surface area contributed by atoms with Crippen molar-refractivity contribution in [3.63, 3.8) is 0 Å². The molecule has 0 saturated heterocycles. The quantitative estimate of drug-likeness (QED) is 0.828. The summed E-state index contributed by atoms with van der Waals surface area (Å²) in [6, 6.07) is 13.3. The van der Waals surface area contributed by atoms with E-state index in [1.165, 1.54) is 21.9 Å². The van der Waals surface area contributed by atoms with Crippen LogP contribution in [-0.4, -0.2) is 6.54 Å². The number of aryl methyl sites for hydroxylation is 1. The maximum Gasteiger partial charge on any atom is -0.000834 e. The summed E-state index contributed by atoms with van der Waals surface area (Å²) < 4.78 is 0. The van der Waals surface area contributed by atoms with Crippen molar-refractivity contribution in [1.82, 2.24) is 0 Å². The van der Waals surface area contributed by atoms with E-state index in [-0.39, 0.29) is 0 Å². The SMILES string of the molecule is CCC(CN)c1ccc2cc(C)ccc2c1. The monoisotopic (exact) mass is 213 g/mol. The van der Waals surface area contributed by atoms with Crippen molar-refractivity contribution >= 4 is 10.8 Å². The standard InChI is InChI=1S/C15H19N/c1-3-12(10-16)14-7-6-13-8-11(2)4-5-15(13)9-14/h4-9,12H,3,10,16H2,1-2H3. The molecular formula is C15H19N. The minimum atomic E-state index is 0.491. The number of nitrogens with two attached hydrogens (primary N) is 1. The number of hydrogen-bond acceptors (Lipinski definition) is 1. The molecule has 1 atom stereocenters. The molecule has 1 unspecified atom stereocenters. The van der Waals surface area contributed by atoms with Gasteiger partial charge in [0.05, 0.1) is 0 Å². The molecule has 2 aromatic rings. The number of benzene rings is 2. The van der Waals surface area contributed by atoms with E-state index in [1.54, 1.807) is 0 Å². The van der Waals surface area contributed by atoms with Gasteiger partial charge in [0.1, 0.15) is 0 Å². The molecule has 2 aromatic carbocycles. The van der Waals surface area contributed by atoms with Gasteiger partial charge in [-0.1, -0.05) is 48.9 Å². The van der Waals surface area contributed by atoms with Gasteiger partial charge in [-0.15, -0.1) is 0 Å². The molecule has 2 rings (SSSR count). The van der Waals surface area contributed by atoms with Crippen LogP contribution in [0.25, 0.3) is 10.8 Å². The Bertz CT molecular complexity index is 484. The van der Waals surface area contributed by atoms with Crippen LogP contribution in [0.4, 0.5) is 0 Å². The van der Waals surface area contributed by atoms with Crippen molar-refractivity contribution < 1.29 is 0 Å². The lowest BCUT2D eigenvalue weighted by Gasteiger charge is -2.13. The molecule has 1 heteroatoms. The molecule has 84 valence electrons. The Kier molecular flexibility index (Phi) is 3.25. The molecule has 0 bridgehead atoms. The zero-order valence-electron chi connectivity index (χ0n) is 10.0. The summed E-state index contributed by atoms with van der Waals surface area (Å²) in [6.07, 6.45) is 1.11. The van der Waals surface area contributed by atoms with E-state index < -0.39 is 0 Å². The van der Waals surface area contributed by atoms with Gasteiger partial charge in [0.2, 0.25) is 0 Å². The van der Waals surface area contributed by atoms with Crippen molar-refractivity contribution in [2.45, 2.75) is 26.2 Å². The first-order valence-electron chi connectivity index (χ1n) is 5.95. The maximum absolute atomic E-state index is 5.78. The summed E-state index contributed by atoms with van der Waals surface area (Å²) in [5.41, 5.74) is 8.46. The highest BCUT2D eigenvalue weighted by atomic mass is 14.5. The highest BCUT2D eigenvalue weighted by Crippen LogP contribution is 2.24. The Morgan fingerprint density at radius 2 is 1.75 bits per heavy atom. The van der Waals surface area contributed by atoms with Gasteiger partial charge < -0.3 is 5.73 Å². The average molecular weight is 213 g/mol. The van der Waals surface area contributed by atoms with Gasteiger partial charge in [-0.25, -0.2) is 0 Å². The van der Waals surface area contributed by atoms with Crippen molar-refractivity contribution in [3.8, 4) is 0 Å². The summed E-state index contributed by atoms with van der Waals surface area (Å²) in [5, 5.41) is 2.63. The van der Waals surface area contributed by atoms with Gasteiger partial charge in [0.25, 0.3) is 0 Å². The minimum absolute atomic E-state index is 0.491. The van der Waals surface area contributed by atoms with Gasteiger partial charge in [0.15, 0.2) is 0 Å². The van der Waals surface area contributed by atoms with Crippen molar-refractivity contribution in [2.24, 2.45) is 5.73 Å². The highest BCUT2D eigenvalue weighted by Gasteiger charge is 2.07. The third-order valence-corrected chi connectivity index (χ3v) is 3.27. The Balaban J connectivity index is 2.47. The van der Waals surface area contributed by atoms with Crippen LogP contribution in [0.3, 0.4) is 0 Å². The summed E-state index contributed by atoms with van der Waals surface area (Å²) >= 11 is 0. The molecule has 0 fully saturated rings. The van der Waals surface area contributed by atoms with Gasteiger partial charge in [-0.05, 0) is 42.1 Å². The van der Waals surface area contributed by atoms with Gasteiger partial charge >= 0.3 is 0 Å². The smallest absolute Gasteiger partial charge is 0.000834 e. The lowest BCUT2D eigenvalue weighted by molar-refractivity contribution is 0.675. The lowest BCUT2D eigenvalue weighted by Crippen LogP contribution is -2.11. The Labute approximate surface area is 97.3 Å². The second-order valence-electron chi connectivity index (χ2n) is 4.45. The molecule has 1 nitrogen and oxygen atoms in total. The van der Waals surface area contributed by atoms with Crippen LogP contribution in [0.5, 0.6) is 0 Å². The van der Waals surface area contributed by atoms with Crippen LogP contribution in [0.1, 0.15) is 30.4 Å². The van der Waals surface area contributed by atoms with E-state index in [2.05, 4.69) is 50.2 Å². The normalized spacial score (nSPS) is 12.9. The van der Waals surface area contributed by atoms with Gasteiger partial charge in [0, 0.05) is 0 Å². The van der Waals surface area contributed by atoms with Crippen molar-refractivity contribution in [2.75, 3.05) is 6.54 Å². The van der Waals surface area contributed by atoms with Crippen LogP contribution >= 0.6 is 0 Å². The molecule has 0 spiro atoms. The number of fused-ring (bicyclic) bond motifs is 1. The minimum Gasteiger partial charge on any atom is -0.330 e. The Morgan fingerprint density at radius 3 is 2.44 bits per heavy atom. The molecule has 0 amide bonds. The van der Waals surface area contributed by atoms with E-state index in [1.807, 2.05) is 0 Å².